The maximum absolute atomic E-state index is 6.39. The number of hydrogen-bond donors (Lipinski definition) is 0. The highest BCUT2D eigenvalue weighted by atomic mass is 79.9. The molecule has 0 saturated heterocycles. The van der Waals surface area contributed by atoms with Crippen molar-refractivity contribution in [2.24, 2.45) is 4.99 Å². The monoisotopic (exact) mass is 461 g/mol. The third-order valence-electron chi connectivity index (χ3n) is 4.25. The Kier molecular flexibility index (Phi) is 6.59. The molecule has 0 heterocycles. The molecule has 0 N–H and O–H groups in total. The quantitative estimate of drug-likeness (QED) is 0.356. The summed E-state index contributed by atoms with van der Waals surface area (Å²) in [6.07, 6.45) is 1.76. The first-order chi connectivity index (χ1) is 12.9. The Labute approximate surface area is 177 Å². The number of aryl methyl sites for hydroxylation is 1. The minimum atomic E-state index is 0.392. The predicted octanol–water partition coefficient (Wildman–Crippen LogP) is 7.70. The molecule has 0 atom stereocenters. The molecule has 0 amide bonds. The smallest absolute Gasteiger partial charge is 0.157 e. The standard InChI is InChI=1S/C22H18BrCl2NO/c1-14-4-3-5-21(15(14)2)26-12-17-10-19(24)22(20(25)11-17)27-13-16-6-8-18(23)9-7-16/h3-12H,13H2,1-2H3. The van der Waals surface area contributed by atoms with Gasteiger partial charge >= 0.3 is 0 Å². The largest absolute Gasteiger partial charge is 0.486 e. The summed E-state index contributed by atoms with van der Waals surface area (Å²) >= 11 is 16.2. The van der Waals surface area contributed by atoms with Crippen LogP contribution in [0.5, 0.6) is 5.75 Å². The molecule has 0 aliphatic carbocycles. The SMILES string of the molecule is Cc1cccc(N=Cc2cc(Cl)c(OCc3ccc(Br)cc3)c(Cl)c2)c1C. The minimum absolute atomic E-state index is 0.392. The van der Waals surface area contributed by atoms with Crippen LogP contribution in [0.25, 0.3) is 0 Å². The van der Waals surface area contributed by atoms with Gasteiger partial charge in [-0.15, -0.1) is 0 Å². The second-order valence-corrected chi connectivity index (χ2v) is 7.94. The summed E-state index contributed by atoms with van der Waals surface area (Å²) in [5, 5.41) is 0.920. The predicted molar refractivity (Wildman–Crippen MR) is 118 cm³/mol. The van der Waals surface area contributed by atoms with Gasteiger partial charge in [-0.2, -0.15) is 0 Å². The number of nitrogens with zero attached hydrogens (tertiary/aromatic N) is 1. The average Bonchev–Trinajstić information content (AvgIpc) is 2.64. The third-order valence-corrected chi connectivity index (χ3v) is 5.34. The van der Waals surface area contributed by atoms with Gasteiger partial charge in [0.25, 0.3) is 0 Å². The summed E-state index contributed by atoms with van der Waals surface area (Å²) in [5.74, 6) is 0.477. The lowest BCUT2D eigenvalue weighted by Gasteiger charge is -2.11. The zero-order valence-electron chi connectivity index (χ0n) is 15.0. The Hall–Kier alpha value is -1.81. The van der Waals surface area contributed by atoms with Crippen LogP contribution in [0.15, 0.2) is 64.1 Å². The van der Waals surface area contributed by atoms with Crippen LogP contribution in [0.1, 0.15) is 22.3 Å². The molecule has 138 valence electrons. The summed E-state index contributed by atoms with van der Waals surface area (Å²) in [5.41, 5.74) is 5.14. The minimum Gasteiger partial charge on any atom is -0.486 e. The fourth-order valence-electron chi connectivity index (χ4n) is 2.55. The first-order valence-electron chi connectivity index (χ1n) is 8.40. The Morgan fingerprint density at radius 1 is 1.00 bits per heavy atom. The number of benzene rings is 3. The first kappa shape index (κ1) is 19.9. The van der Waals surface area contributed by atoms with Gasteiger partial charge in [0, 0.05) is 10.7 Å². The van der Waals surface area contributed by atoms with E-state index >= 15 is 0 Å². The van der Waals surface area contributed by atoms with Gasteiger partial charge in [0.15, 0.2) is 5.75 Å². The molecule has 2 nitrogen and oxygen atoms in total. The Morgan fingerprint density at radius 2 is 1.67 bits per heavy atom. The Balaban J connectivity index is 1.77. The second-order valence-electron chi connectivity index (χ2n) is 6.21. The van der Waals surface area contributed by atoms with Crippen molar-refractivity contribution < 1.29 is 4.74 Å². The van der Waals surface area contributed by atoms with Gasteiger partial charge in [0.2, 0.25) is 0 Å². The first-order valence-corrected chi connectivity index (χ1v) is 9.95. The fourth-order valence-corrected chi connectivity index (χ4v) is 3.42. The maximum atomic E-state index is 6.39. The lowest BCUT2D eigenvalue weighted by atomic mass is 10.1. The summed E-state index contributed by atoms with van der Waals surface area (Å²) in [6.45, 7) is 4.52. The van der Waals surface area contributed by atoms with Crippen molar-refractivity contribution in [1.82, 2.24) is 0 Å². The molecular weight excluding hydrogens is 445 g/mol. The average molecular weight is 463 g/mol. The van der Waals surface area contributed by atoms with E-state index in [1.807, 2.05) is 36.4 Å². The van der Waals surface area contributed by atoms with Crippen molar-refractivity contribution in [3.8, 4) is 5.75 Å². The zero-order valence-corrected chi connectivity index (χ0v) is 18.1. The molecule has 0 fully saturated rings. The van der Waals surface area contributed by atoms with Gasteiger partial charge in [0.1, 0.15) is 6.61 Å². The van der Waals surface area contributed by atoms with Crippen molar-refractivity contribution in [3.63, 3.8) is 0 Å². The van der Waals surface area contributed by atoms with E-state index in [1.54, 1.807) is 18.3 Å². The van der Waals surface area contributed by atoms with E-state index in [1.165, 1.54) is 5.56 Å². The highest BCUT2D eigenvalue weighted by Crippen LogP contribution is 2.34. The van der Waals surface area contributed by atoms with Crippen molar-refractivity contribution in [2.45, 2.75) is 20.5 Å². The van der Waals surface area contributed by atoms with Crippen molar-refractivity contribution >= 4 is 51.0 Å². The fraction of sp³-hybridized carbons (Fsp3) is 0.136. The van der Waals surface area contributed by atoms with E-state index in [0.29, 0.717) is 22.4 Å². The number of hydrogen-bond acceptors (Lipinski definition) is 2. The van der Waals surface area contributed by atoms with Crippen molar-refractivity contribution in [1.29, 1.82) is 0 Å². The molecule has 5 heteroatoms. The molecule has 3 aromatic rings. The van der Waals surface area contributed by atoms with E-state index in [-0.39, 0.29) is 0 Å². The molecule has 0 unspecified atom stereocenters. The molecular formula is C22H18BrCl2NO. The summed E-state index contributed by atoms with van der Waals surface area (Å²) in [4.78, 5) is 4.56. The van der Waals surface area contributed by atoms with Crippen LogP contribution in [-0.4, -0.2) is 6.21 Å². The van der Waals surface area contributed by atoms with Crippen molar-refractivity contribution in [2.75, 3.05) is 0 Å². The second kappa shape index (κ2) is 8.92. The van der Waals surface area contributed by atoms with Crippen LogP contribution in [0.2, 0.25) is 10.0 Å². The molecule has 0 radical (unpaired) electrons. The molecule has 0 saturated carbocycles. The van der Waals surface area contributed by atoms with Crippen LogP contribution in [0.4, 0.5) is 5.69 Å². The molecule has 0 aliphatic rings. The highest BCUT2D eigenvalue weighted by Gasteiger charge is 2.10. The number of ether oxygens (including phenoxy) is 1. The van der Waals surface area contributed by atoms with Crippen LogP contribution < -0.4 is 4.74 Å². The number of rotatable bonds is 5. The third kappa shape index (κ3) is 5.13. The highest BCUT2D eigenvalue weighted by molar-refractivity contribution is 9.10. The number of aliphatic imine (C=N–C) groups is 1. The lowest BCUT2D eigenvalue weighted by Crippen LogP contribution is -1.97. The molecule has 0 aromatic heterocycles. The topological polar surface area (TPSA) is 21.6 Å². The summed E-state index contributed by atoms with van der Waals surface area (Å²) in [7, 11) is 0. The molecule has 0 aliphatic heterocycles. The Morgan fingerprint density at radius 3 is 2.33 bits per heavy atom. The van der Waals surface area contributed by atoms with Gasteiger partial charge in [-0.25, -0.2) is 0 Å². The van der Waals surface area contributed by atoms with Crippen LogP contribution in [0, 0.1) is 13.8 Å². The van der Waals surface area contributed by atoms with Gasteiger partial charge in [-0.3, -0.25) is 4.99 Å². The van der Waals surface area contributed by atoms with Gasteiger partial charge in [0.05, 0.1) is 15.7 Å². The molecule has 3 aromatic carbocycles. The van der Waals surface area contributed by atoms with E-state index in [0.717, 1.165) is 26.9 Å². The summed E-state index contributed by atoms with van der Waals surface area (Å²) in [6, 6.07) is 17.6. The van der Waals surface area contributed by atoms with Crippen LogP contribution in [0.3, 0.4) is 0 Å². The molecule has 0 bridgehead atoms. The maximum Gasteiger partial charge on any atom is 0.157 e. The zero-order chi connectivity index (χ0) is 19.4. The van der Waals surface area contributed by atoms with Crippen LogP contribution >= 0.6 is 39.1 Å². The van der Waals surface area contributed by atoms with Gasteiger partial charge < -0.3 is 4.74 Å². The molecule has 3 rings (SSSR count). The summed E-state index contributed by atoms with van der Waals surface area (Å²) < 4.78 is 6.85. The van der Waals surface area contributed by atoms with E-state index in [4.69, 9.17) is 27.9 Å². The normalized spacial score (nSPS) is 11.1. The van der Waals surface area contributed by atoms with Crippen molar-refractivity contribution in [3.05, 3.63) is 91.4 Å². The van der Waals surface area contributed by atoms with Gasteiger partial charge in [-0.05, 0) is 66.4 Å². The van der Waals surface area contributed by atoms with E-state index in [2.05, 4.69) is 40.8 Å². The lowest BCUT2D eigenvalue weighted by molar-refractivity contribution is 0.306. The van der Waals surface area contributed by atoms with Gasteiger partial charge in [-0.1, -0.05) is 63.4 Å². The van der Waals surface area contributed by atoms with E-state index in [9.17, 15) is 0 Å². The Bertz CT molecular complexity index is 961. The molecule has 0 spiro atoms. The number of halogens is 3. The van der Waals surface area contributed by atoms with E-state index < -0.39 is 0 Å². The van der Waals surface area contributed by atoms with Crippen LogP contribution in [-0.2, 0) is 6.61 Å². The molecule has 27 heavy (non-hydrogen) atoms.